The average Bonchev–Trinajstić information content (AvgIpc) is 2.60. The van der Waals surface area contributed by atoms with E-state index in [1.807, 2.05) is 24.3 Å². The highest BCUT2D eigenvalue weighted by molar-refractivity contribution is 5.88. The van der Waals surface area contributed by atoms with Crippen molar-refractivity contribution in [2.45, 2.75) is 46.1 Å². The lowest BCUT2D eigenvalue weighted by Gasteiger charge is -2.18. The summed E-state index contributed by atoms with van der Waals surface area (Å²) in [5, 5.41) is 6.34. The molecule has 0 radical (unpaired) electrons. The lowest BCUT2D eigenvalue weighted by molar-refractivity contribution is -0.114. The van der Waals surface area contributed by atoms with Gasteiger partial charge < -0.3 is 10.6 Å². The zero-order valence-corrected chi connectivity index (χ0v) is 11.4. The van der Waals surface area contributed by atoms with Crippen LogP contribution in [0.5, 0.6) is 0 Å². The molecule has 0 heterocycles. The summed E-state index contributed by atoms with van der Waals surface area (Å²) in [6.45, 7) is 6.18. The molecular weight excluding hydrogens is 224 g/mol. The first kappa shape index (κ1) is 12.9. The van der Waals surface area contributed by atoms with Gasteiger partial charge in [-0.05, 0) is 48.9 Å². The summed E-state index contributed by atoms with van der Waals surface area (Å²) in [5.41, 5.74) is 2.44. The fourth-order valence-corrected chi connectivity index (χ4v) is 2.65. The molecule has 2 rings (SSSR count). The van der Waals surface area contributed by atoms with E-state index in [0.29, 0.717) is 11.5 Å². The van der Waals surface area contributed by atoms with Crippen LogP contribution < -0.4 is 10.6 Å². The summed E-state index contributed by atoms with van der Waals surface area (Å²) in [6.07, 6.45) is 3.75. The minimum Gasteiger partial charge on any atom is -0.382 e. The zero-order chi connectivity index (χ0) is 13.2. The van der Waals surface area contributed by atoms with Gasteiger partial charge in [0.1, 0.15) is 0 Å². The molecule has 1 amide bonds. The van der Waals surface area contributed by atoms with Gasteiger partial charge in [0.15, 0.2) is 0 Å². The third kappa shape index (κ3) is 3.49. The van der Waals surface area contributed by atoms with Crippen molar-refractivity contribution in [3.8, 4) is 0 Å². The Morgan fingerprint density at radius 3 is 2.33 bits per heavy atom. The molecule has 18 heavy (non-hydrogen) atoms. The van der Waals surface area contributed by atoms with Crippen molar-refractivity contribution in [3.05, 3.63) is 24.3 Å². The molecule has 2 N–H and O–H groups in total. The third-order valence-electron chi connectivity index (χ3n) is 3.54. The molecule has 1 atom stereocenters. The van der Waals surface area contributed by atoms with Crippen molar-refractivity contribution in [3.63, 3.8) is 0 Å². The monoisotopic (exact) mass is 246 g/mol. The molecule has 1 saturated carbocycles. The van der Waals surface area contributed by atoms with Gasteiger partial charge in [-0.3, -0.25) is 4.79 Å². The highest BCUT2D eigenvalue weighted by Crippen LogP contribution is 2.38. The Balaban J connectivity index is 1.92. The fourth-order valence-electron chi connectivity index (χ4n) is 2.65. The number of rotatable bonds is 3. The number of nitrogens with one attached hydrogen (secondary N) is 2. The number of carbonyl (C=O) groups is 1. The van der Waals surface area contributed by atoms with E-state index in [0.717, 1.165) is 11.4 Å². The summed E-state index contributed by atoms with van der Waals surface area (Å²) in [5.74, 6) is -0.0340. The third-order valence-corrected chi connectivity index (χ3v) is 3.54. The lowest BCUT2D eigenvalue weighted by Crippen LogP contribution is -2.17. The molecule has 1 aromatic carbocycles. The molecule has 1 aliphatic carbocycles. The van der Waals surface area contributed by atoms with Crippen LogP contribution in [0.25, 0.3) is 0 Å². The van der Waals surface area contributed by atoms with Crippen molar-refractivity contribution < 1.29 is 4.79 Å². The Morgan fingerprint density at radius 1 is 1.22 bits per heavy atom. The average molecular weight is 246 g/mol. The van der Waals surface area contributed by atoms with E-state index in [1.165, 1.54) is 26.2 Å². The Kier molecular flexibility index (Phi) is 3.60. The molecule has 0 bridgehead atoms. The second-order valence-corrected chi connectivity index (χ2v) is 6.01. The van der Waals surface area contributed by atoms with E-state index in [2.05, 4.69) is 24.5 Å². The van der Waals surface area contributed by atoms with Crippen molar-refractivity contribution in [1.82, 2.24) is 0 Å². The Hall–Kier alpha value is -1.51. The minimum absolute atomic E-state index is 0.0340. The van der Waals surface area contributed by atoms with Gasteiger partial charge in [-0.2, -0.15) is 0 Å². The van der Waals surface area contributed by atoms with E-state index in [4.69, 9.17) is 0 Å². The number of carbonyl (C=O) groups excluding carboxylic acids is 1. The number of hydrogen-bond donors (Lipinski definition) is 2. The molecule has 1 aromatic rings. The first-order valence-corrected chi connectivity index (χ1v) is 6.59. The van der Waals surface area contributed by atoms with Gasteiger partial charge in [0.2, 0.25) is 5.91 Å². The predicted octanol–water partition coefficient (Wildman–Crippen LogP) is 3.64. The first-order chi connectivity index (χ1) is 8.44. The van der Waals surface area contributed by atoms with Gasteiger partial charge in [0.25, 0.3) is 0 Å². The largest absolute Gasteiger partial charge is 0.382 e. The van der Waals surface area contributed by atoms with Gasteiger partial charge in [-0.25, -0.2) is 0 Å². The van der Waals surface area contributed by atoms with Crippen molar-refractivity contribution in [2.24, 2.45) is 5.41 Å². The van der Waals surface area contributed by atoms with Gasteiger partial charge >= 0.3 is 0 Å². The van der Waals surface area contributed by atoms with Crippen LogP contribution in [-0.2, 0) is 4.79 Å². The van der Waals surface area contributed by atoms with Crippen LogP contribution in [0, 0.1) is 5.41 Å². The van der Waals surface area contributed by atoms with E-state index in [1.54, 1.807) is 0 Å². The maximum Gasteiger partial charge on any atom is 0.221 e. The van der Waals surface area contributed by atoms with Crippen molar-refractivity contribution in [1.29, 1.82) is 0 Å². The highest BCUT2D eigenvalue weighted by atomic mass is 16.1. The molecule has 3 nitrogen and oxygen atoms in total. The normalized spacial score (nSPS) is 21.6. The van der Waals surface area contributed by atoms with Crippen LogP contribution in [0.3, 0.4) is 0 Å². The summed E-state index contributed by atoms with van der Waals surface area (Å²) in [4.78, 5) is 10.9. The van der Waals surface area contributed by atoms with Gasteiger partial charge in [0, 0.05) is 24.3 Å². The minimum atomic E-state index is -0.0340. The van der Waals surface area contributed by atoms with Crippen LogP contribution in [-0.4, -0.2) is 11.9 Å². The van der Waals surface area contributed by atoms with E-state index in [-0.39, 0.29) is 5.91 Å². The van der Waals surface area contributed by atoms with Gasteiger partial charge in [-0.1, -0.05) is 13.8 Å². The summed E-state index contributed by atoms with van der Waals surface area (Å²) >= 11 is 0. The molecule has 0 saturated heterocycles. The standard InChI is InChI=1S/C15H22N2O/c1-11(18)16-12-4-6-13(7-5-12)17-14-8-9-15(2,3)10-14/h4-7,14,17H,8-10H2,1-3H3,(H,16,18). The molecule has 1 aliphatic rings. The van der Waals surface area contributed by atoms with Crippen LogP contribution in [0.1, 0.15) is 40.0 Å². The number of amides is 1. The lowest BCUT2D eigenvalue weighted by atomic mass is 9.92. The zero-order valence-electron chi connectivity index (χ0n) is 11.4. The van der Waals surface area contributed by atoms with Crippen molar-refractivity contribution in [2.75, 3.05) is 10.6 Å². The summed E-state index contributed by atoms with van der Waals surface area (Å²) < 4.78 is 0. The van der Waals surface area contributed by atoms with Crippen molar-refractivity contribution >= 4 is 17.3 Å². The second-order valence-electron chi connectivity index (χ2n) is 6.01. The van der Waals surface area contributed by atoms with Crippen LogP contribution >= 0.6 is 0 Å². The quantitative estimate of drug-likeness (QED) is 0.855. The van der Waals surface area contributed by atoms with E-state index in [9.17, 15) is 4.79 Å². The molecule has 1 fully saturated rings. The molecule has 0 aliphatic heterocycles. The molecule has 98 valence electrons. The highest BCUT2D eigenvalue weighted by Gasteiger charge is 2.30. The number of benzene rings is 1. The molecule has 3 heteroatoms. The van der Waals surface area contributed by atoms with Crippen LogP contribution in [0.15, 0.2) is 24.3 Å². The first-order valence-electron chi connectivity index (χ1n) is 6.59. The van der Waals surface area contributed by atoms with Crippen LogP contribution in [0.2, 0.25) is 0 Å². The van der Waals surface area contributed by atoms with Gasteiger partial charge in [-0.15, -0.1) is 0 Å². The Morgan fingerprint density at radius 2 is 1.83 bits per heavy atom. The Bertz CT molecular complexity index is 423. The molecule has 0 spiro atoms. The van der Waals surface area contributed by atoms with E-state index < -0.39 is 0 Å². The Labute approximate surface area is 109 Å². The van der Waals surface area contributed by atoms with E-state index >= 15 is 0 Å². The van der Waals surface area contributed by atoms with Crippen LogP contribution in [0.4, 0.5) is 11.4 Å². The summed E-state index contributed by atoms with van der Waals surface area (Å²) in [7, 11) is 0. The second kappa shape index (κ2) is 5.01. The maximum atomic E-state index is 10.9. The molecule has 0 aromatic heterocycles. The maximum absolute atomic E-state index is 10.9. The topological polar surface area (TPSA) is 41.1 Å². The predicted molar refractivity (Wildman–Crippen MR) is 75.8 cm³/mol. The SMILES string of the molecule is CC(=O)Nc1ccc(NC2CCC(C)(C)C2)cc1. The fraction of sp³-hybridized carbons (Fsp3) is 0.533. The molecule has 1 unspecified atom stereocenters. The summed E-state index contributed by atoms with van der Waals surface area (Å²) in [6, 6.07) is 8.49. The number of anilines is 2. The number of hydrogen-bond acceptors (Lipinski definition) is 2. The van der Waals surface area contributed by atoms with Gasteiger partial charge in [0.05, 0.1) is 0 Å². The molecular formula is C15H22N2O. The smallest absolute Gasteiger partial charge is 0.221 e.